The molecule has 2 aliphatic heterocycles. The lowest BCUT2D eigenvalue weighted by molar-refractivity contribution is 0.251. The SMILES string of the molecule is NC(=O)Nc1sc2ccccc2c1CCCCN1CCN(c2cccc3c2OCCCC3)CC1. The van der Waals surface area contributed by atoms with E-state index in [4.69, 9.17) is 10.5 Å². The number of carbonyl (C=O) groups is 1. The Morgan fingerprint density at radius 2 is 1.88 bits per heavy atom. The first-order chi connectivity index (χ1) is 16.7. The molecule has 2 aliphatic rings. The molecule has 6 nitrogen and oxygen atoms in total. The van der Waals surface area contributed by atoms with E-state index in [0.29, 0.717) is 0 Å². The van der Waals surface area contributed by atoms with Gasteiger partial charge < -0.3 is 15.4 Å². The molecular formula is C27H34N4O2S. The zero-order chi connectivity index (χ0) is 23.3. The topological polar surface area (TPSA) is 70.8 Å². The summed E-state index contributed by atoms with van der Waals surface area (Å²) in [5, 5.41) is 4.96. The highest BCUT2D eigenvalue weighted by molar-refractivity contribution is 7.23. The fourth-order valence-electron chi connectivity index (χ4n) is 5.18. The van der Waals surface area contributed by atoms with Crippen LogP contribution in [0.5, 0.6) is 5.75 Å². The van der Waals surface area contributed by atoms with Gasteiger partial charge in [0.2, 0.25) is 0 Å². The van der Waals surface area contributed by atoms with Gasteiger partial charge in [-0.3, -0.25) is 10.2 Å². The highest BCUT2D eigenvalue weighted by atomic mass is 32.1. The largest absolute Gasteiger partial charge is 0.491 e. The monoisotopic (exact) mass is 478 g/mol. The first kappa shape index (κ1) is 23.0. The van der Waals surface area contributed by atoms with E-state index >= 15 is 0 Å². The van der Waals surface area contributed by atoms with Crippen molar-refractivity contribution in [2.45, 2.75) is 38.5 Å². The number of fused-ring (bicyclic) bond motifs is 2. The molecule has 0 radical (unpaired) electrons. The molecule has 2 aromatic carbocycles. The van der Waals surface area contributed by atoms with Crippen molar-refractivity contribution in [2.75, 3.05) is 49.5 Å². The zero-order valence-corrected chi connectivity index (χ0v) is 20.5. The number of urea groups is 1. The summed E-state index contributed by atoms with van der Waals surface area (Å²) in [7, 11) is 0. The Morgan fingerprint density at radius 3 is 2.74 bits per heavy atom. The van der Waals surface area contributed by atoms with Gasteiger partial charge in [0.1, 0.15) is 10.8 Å². The number of nitrogens with zero attached hydrogens (tertiary/aromatic N) is 2. The molecule has 1 fully saturated rings. The van der Waals surface area contributed by atoms with E-state index in [1.165, 1.54) is 33.3 Å². The molecule has 0 atom stereocenters. The van der Waals surface area contributed by atoms with Gasteiger partial charge in [-0.2, -0.15) is 0 Å². The van der Waals surface area contributed by atoms with Crippen LogP contribution in [0.1, 0.15) is 36.8 Å². The Balaban J connectivity index is 1.13. The van der Waals surface area contributed by atoms with E-state index in [9.17, 15) is 4.79 Å². The first-order valence-corrected chi connectivity index (χ1v) is 13.3. The van der Waals surface area contributed by atoms with Crippen LogP contribution < -0.4 is 20.7 Å². The lowest BCUT2D eigenvalue weighted by Crippen LogP contribution is -2.46. The quantitative estimate of drug-likeness (QED) is 0.455. The number of hydrogen-bond acceptors (Lipinski definition) is 5. The standard InChI is InChI=1S/C27H34N4O2S/c28-27(32)29-26-22(21-10-1-2-13-24(21)34-26)11-3-5-14-30-15-17-31(18-16-30)23-12-7-9-20-8-4-6-19-33-25(20)23/h1-2,7,9-10,12-13H,3-6,8,11,14-19H2,(H3,28,29,32). The third-order valence-electron chi connectivity index (χ3n) is 6.96. The minimum Gasteiger partial charge on any atom is -0.491 e. The molecule has 2 amide bonds. The minimum atomic E-state index is -0.494. The van der Waals surface area contributed by atoms with E-state index in [1.807, 2.05) is 6.07 Å². The van der Waals surface area contributed by atoms with E-state index in [2.05, 4.69) is 51.5 Å². The molecular weight excluding hydrogens is 444 g/mol. The van der Waals surface area contributed by atoms with Gasteiger partial charge in [-0.05, 0) is 73.7 Å². The van der Waals surface area contributed by atoms with E-state index in [0.717, 1.165) is 82.2 Å². The molecule has 34 heavy (non-hydrogen) atoms. The summed E-state index contributed by atoms with van der Waals surface area (Å²) in [5.41, 5.74) is 9.26. The van der Waals surface area contributed by atoms with Gasteiger partial charge in [0.25, 0.3) is 0 Å². The van der Waals surface area contributed by atoms with Gasteiger partial charge in [0, 0.05) is 30.9 Å². The number of benzene rings is 2. The summed E-state index contributed by atoms with van der Waals surface area (Å²) in [5.74, 6) is 1.12. The van der Waals surface area contributed by atoms with Crippen molar-refractivity contribution in [3.63, 3.8) is 0 Å². The van der Waals surface area contributed by atoms with Crippen molar-refractivity contribution in [3.05, 3.63) is 53.6 Å². The fourth-order valence-corrected chi connectivity index (χ4v) is 6.34. The summed E-state index contributed by atoms with van der Waals surface area (Å²) in [6, 6.07) is 14.5. The number of primary amides is 1. The molecule has 0 spiro atoms. The Kier molecular flexibility index (Phi) is 7.21. The Labute approximate surface area is 205 Å². The van der Waals surface area contributed by atoms with Crippen molar-refractivity contribution in [3.8, 4) is 5.75 Å². The van der Waals surface area contributed by atoms with Crippen LogP contribution in [-0.4, -0.2) is 50.3 Å². The lowest BCUT2D eigenvalue weighted by Gasteiger charge is -2.37. The molecule has 3 N–H and O–H groups in total. The maximum absolute atomic E-state index is 11.5. The molecule has 0 aliphatic carbocycles. The van der Waals surface area contributed by atoms with Crippen LogP contribution in [0, 0.1) is 0 Å². The summed E-state index contributed by atoms with van der Waals surface area (Å²) in [6.07, 6.45) is 6.67. The molecule has 0 saturated carbocycles. The highest BCUT2D eigenvalue weighted by Gasteiger charge is 2.22. The number of nitrogens with one attached hydrogen (secondary N) is 1. The van der Waals surface area contributed by atoms with Crippen LogP contribution in [0.4, 0.5) is 15.5 Å². The Bertz CT molecular complexity index is 1140. The second-order valence-electron chi connectivity index (χ2n) is 9.25. The normalized spacial score (nSPS) is 16.6. The van der Waals surface area contributed by atoms with Crippen LogP contribution in [0.2, 0.25) is 0 Å². The Morgan fingerprint density at radius 1 is 1.03 bits per heavy atom. The van der Waals surface area contributed by atoms with Crippen molar-refractivity contribution in [1.82, 2.24) is 4.90 Å². The smallest absolute Gasteiger partial charge is 0.317 e. The number of unbranched alkanes of at least 4 members (excludes halogenated alkanes) is 1. The van der Waals surface area contributed by atoms with Crippen LogP contribution in [-0.2, 0) is 12.8 Å². The summed E-state index contributed by atoms with van der Waals surface area (Å²) in [4.78, 5) is 16.5. The predicted octanol–water partition coefficient (Wildman–Crippen LogP) is 5.25. The summed E-state index contributed by atoms with van der Waals surface area (Å²) < 4.78 is 7.34. The molecule has 1 saturated heterocycles. The summed E-state index contributed by atoms with van der Waals surface area (Å²) >= 11 is 1.61. The molecule has 5 rings (SSSR count). The van der Waals surface area contributed by atoms with E-state index < -0.39 is 6.03 Å². The first-order valence-electron chi connectivity index (χ1n) is 12.5. The van der Waals surface area contributed by atoms with Crippen molar-refractivity contribution in [1.29, 1.82) is 0 Å². The molecule has 7 heteroatoms. The molecule has 3 heterocycles. The van der Waals surface area contributed by atoms with E-state index in [1.54, 1.807) is 11.3 Å². The van der Waals surface area contributed by atoms with Crippen LogP contribution in [0.15, 0.2) is 42.5 Å². The average molecular weight is 479 g/mol. The molecule has 1 aromatic heterocycles. The number of piperazine rings is 1. The van der Waals surface area contributed by atoms with Gasteiger partial charge >= 0.3 is 6.03 Å². The number of hydrogen-bond donors (Lipinski definition) is 2. The summed E-state index contributed by atoms with van der Waals surface area (Å²) in [6.45, 7) is 6.19. The Hall–Kier alpha value is -2.77. The molecule has 3 aromatic rings. The third kappa shape index (κ3) is 5.15. The van der Waals surface area contributed by atoms with Crippen LogP contribution >= 0.6 is 11.3 Å². The second-order valence-corrected chi connectivity index (χ2v) is 10.3. The predicted molar refractivity (Wildman–Crippen MR) is 141 cm³/mol. The molecule has 180 valence electrons. The number of para-hydroxylation sites is 1. The molecule has 0 bridgehead atoms. The lowest BCUT2D eigenvalue weighted by atomic mass is 10.1. The maximum Gasteiger partial charge on any atom is 0.317 e. The van der Waals surface area contributed by atoms with Crippen molar-refractivity contribution in [2.24, 2.45) is 5.73 Å². The fraction of sp³-hybridized carbons (Fsp3) is 0.444. The maximum atomic E-state index is 11.5. The number of thiophene rings is 1. The minimum absolute atomic E-state index is 0.494. The highest BCUT2D eigenvalue weighted by Crippen LogP contribution is 2.37. The number of nitrogens with two attached hydrogens (primary N) is 1. The zero-order valence-electron chi connectivity index (χ0n) is 19.7. The van der Waals surface area contributed by atoms with Gasteiger partial charge in [0.05, 0.1) is 12.3 Å². The van der Waals surface area contributed by atoms with E-state index in [-0.39, 0.29) is 0 Å². The molecule has 0 unspecified atom stereocenters. The van der Waals surface area contributed by atoms with Gasteiger partial charge in [-0.1, -0.05) is 30.3 Å². The van der Waals surface area contributed by atoms with Crippen molar-refractivity contribution < 1.29 is 9.53 Å². The van der Waals surface area contributed by atoms with Crippen molar-refractivity contribution >= 4 is 38.1 Å². The third-order valence-corrected chi connectivity index (χ3v) is 8.09. The van der Waals surface area contributed by atoms with Crippen LogP contribution in [0.25, 0.3) is 10.1 Å². The van der Waals surface area contributed by atoms with Crippen LogP contribution in [0.3, 0.4) is 0 Å². The number of aryl methyl sites for hydroxylation is 2. The van der Waals surface area contributed by atoms with Gasteiger partial charge in [0.15, 0.2) is 0 Å². The number of anilines is 2. The van der Waals surface area contributed by atoms with Gasteiger partial charge in [-0.15, -0.1) is 11.3 Å². The second kappa shape index (κ2) is 10.7. The number of ether oxygens (including phenoxy) is 1. The number of carbonyl (C=O) groups excluding carboxylic acids is 1. The van der Waals surface area contributed by atoms with Gasteiger partial charge in [-0.25, -0.2) is 4.79 Å². The average Bonchev–Trinajstić information content (AvgIpc) is 3.01. The number of amides is 2. The number of rotatable bonds is 7.